The number of benzene rings is 2. The number of sulfonamides is 1. The first-order valence-electron chi connectivity index (χ1n) is 8.89. The van der Waals surface area contributed by atoms with E-state index in [1.807, 2.05) is 19.1 Å². The Bertz CT molecular complexity index is 1030. The van der Waals surface area contributed by atoms with E-state index in [0.717, 1.165) is 34.0 Å². The number of ether oxygens (including phenoxy) is 1. The van der Waals surface area contributed by atoms with Crippen LogP contribution in [0.3, 0.4) is 0 Å². The van der Waals surface area contributed by atoms with Crippen LogP contribution in [0.1, 0.15) is 27.9 Å². The Morgan fingerprint density at radius 3 is 2.57 bits per heavy atom. The summed E-state index contributed by atoms with van der Waals surface area (Å²) in [7, 11) is 0.777. The van der Waals surface area contributed by atoms with Gasteiger partial charge in [-0.1, -0.05) is 17.7 Å². The molecule has 1 heterocycles. The number of anilines is 1. The highest BCUT2D eigenvalue weighted by Gasteiger charge is 2.30. The summed E-state index contributed by atoms with van der Waals surface area (Å²) in [6.07, 6.45) is 1.66. The van der Waals surface area contributed by atoms with Crippen molar-refractivity contribution in [1.82, 2.24) is 4.31 Å². The molecule has 1 aliphatic rings. The Labute approximate surface area is 170 Å². The van der Waals surface area contributed by atoms with Crippen LogP contribution in [-0.4, -0.2) is 46.4 Å². The minimum absolute atomic E-state index is 0.0266. The van der Waals surface area contributed by atoms with Crippen LogP contribution in [0, 0.1) is 6.92 Å². The molecule has 0 N–H and O–H groups in total. The number of methoxy groups -OCH3 is 1. The van der Waals surface area contributed by atoms with Crippen LogP contribution in [0.4, 0.5) is 5.69 Å². The number of hydrogen-bond donors (Lipinski definition) is 0. The van der Waals surface area contributed by atoms with Crippen molar-refractivity contribution in [2.24, 2.45) is 0 Å². The highest BCUT2D eigenvalue weighted by Crippen LogP contribution is 2.39. The van der Waals surface area contributed by atoms with Crippen molar-refractivity contribution in [2.75, 3.05) is 32.6 Å². The molecule has 28 heavy (non-hydrogen) atoms. The molecule has 0 fully saturated rings. The number of fused-ring (bicyclic) bond motifs is 1. The number of carbonyl (C=O) groups is 1. The summed E-state index contributed by atoms with van der Waals surface area (Å²) < 4.78 is 31.5. The van der Waals surface area contributed by atoms with Crippen molar-refractivity contribution < 1.29 is 17.9 Å². The van der Waals surface area contributed by atoms with Crippen LogP contribution in [0.15, 0.2) is 35.2 Å². The first-order valence-corrected chi connectivity index (χ1v) is 10.7. The molecule has 0 bridgehead atoms. The summed E-state index contributed by atoms with van der Waals surface area (Å²) in [6, 6.07) is 8.01. The van der Waals surface area contributed by atoms with Crippen molar-refractivity contribution in [3.63, 3.8) is 0 Å². The molecule has 0 atom stereocenters. The Morgan fingerprint density at radius 2 is 1.93 bits per heavy atom. The topological polar surface area (TPSA) is 66.9 Å². The van der Waals surface area contributed by atoms with Gasteiger partial charge in [0.15, 0.2) is 0 Å². The van der Waals surface area contributed by atoms with E-state index >= 15 is 0 Å². The van der Waals surface area contributed by atoms with Crippen molar-refractivity contribution in [3.05, 3.63) is 52.0 Å². The van der Waals surface area contributed by atoms with Gasteiger partial charge in [0.05, 0.1) is 28.3 Å². The number of amides is 1. The third kappa shape index (κ3) is 3.50. The number of rotatable bonds is 4. The molecule has 8 heteroatoms. The predicted molar refractivity (Wildman–Crippen MR) is 110 cm³/mol. The Balaban J connectivity index is 2.12. The average molecular weight is 423 g/mol. The van der Waals surface area contributed by atoms with Gasteiger partial charge in [-0.15, -0.1) is 0 Å². The standard InChI is InChI=1S/C20H23ClN2O4S/c1-13-7-10-18(27-4)19-15(13)6-5-11-23(19)20(24)16-12-14(8-9-17(16)21)28(25,26)22(2)3/h7-10,12H,5-6,11H2,1-4H3. The van der Waals surface area contributed by atoms with Crippen molar-refractivity contribution in [2.45, 2.75) is 24.7 Å². The van der Waals surface area contributed by atoms with Crippen LogP contribution < -0.4 is 9.64 Å². The first kappa shape index (κ1) is 20.6. The van der Waals surface area contributed by atoms with Gasteiger partial charge in [0.25, 0.3) is 5.91 Å². The third-order valence-corrected chi connectivity index (χ3v) is 7.11. The van der Waals surface area contributed by atoms with Gasteiger partial charge < -0.3 is 9.64 Å². The molecule has 0 spiro atoms. The molecule has 6 nitrogen and oxygen atoms in total. The Hall–Kier alpha value is -2.09. The molecule has 150 valence electrons. The first-order chi connectivity index (χ1) is 13.2. The van der Waals surface area contributed by atoms with Gasteiger partial charge in [-0.2, -0.15) is 0 Å². The zero-order chi connectivity index (χ0) is 20.6. The highest BCUT2D eigenvalue weighted by molar-refractivity contribution is 7.89. The predicted octanol–water partition coefficient (Wildman–Crippen LogP) is 3.50. The number of aryl methyl sites for hydroxylation is 1. The monoisotopic (exact) mass is 422 g/mol. The average Bonchev–Trinajstić information content (AvgIpc) is 2.67. The van der Waals surface area contributed by atoms with Gasteiger partial charge in [-0.05, 0) is 55.2 Å². The van der Waals surface area contributed by atoms with E-state index in [1.54, 1.807) is 12.0 Å². The molecule has 0 unspecified atom stereocenters. The van der Waals surface area contributed by atoms with E-state index in [1.165, 1.54) is 32.3 Å². The van der Waals surface area contributed by atoms with Crippen LogP contribution in [0.5, 0.6) is 5.75 Å². The molecule has 0 aliphatic carbocycles. The van der Waals surface area contributed by atoms with Gasteiger partial charge in [0, 0.05) is 20.6 Å². The summed E-state index contributed by atoms with van der Waals surface area (Å²) in [4.78, 5) is 15.1. The summed E-state index contributed by atoms with van der Waals surface area (Å²) in [5.74, 6) is 0.271. The fourth-order valence-electron chi connectivity index (χ4n) is 3.41. The van der Waals surface area contributed by atoms with Gasteiger partial charge in [0.2, 0.25) is 10.0 Å². The fourth-order valence-corrected chi connectivity index (χ4v) is 4.53. The largest absolute Gasteiger partial charge is 0.495 e. The Kier molecular flexibility index (Phi) is 5.70. The van der Waals surface area contributed by atoms with E-state index < -0.39 is 10.0 Å². The molecule has 0 radical (unpaired) electrons. The molecule has 2 aromatic carbocycles. The van der Waals surface area contributed by atoms with Crippen LogP contribution in [0.25, 0.3) is 0 Å². The lowest BCUT2D eigenvalue weighted by Crippen LogP contribution is -2.36. The van der Waals surface area contributed by atoms with Crippen molar-refractivity contribution in [1.29, 1.82) is 0 Å². The lowest BCUT2D eigenvalue weighted by molar-refractivity contribution is 0.0984. The van der Waals surface area contributed by atoms with Gasteiger partial charge in [-0.25, -0.2) is 12.7 Å². The summed E-state index contributed by atoms with van der Waals surface area (Å²) in [5, 5.41) is 0.210. The van der Waals surface area contributed by atoms with E-state index in [0.29, 0.717) is 12.3 Å². The van der Waals surface area contributed by atoms with Crippen LogP contribution >= 0.6 is 11.6 Å². The van der Waals surface area contributed by atoms with Crippen molar-refractivity contribution >= 4 is 33.2 Å². The molecule has 1 amide bonds. The second-order valence-corrected chi connectivity index (χ2v) is 9.46. The van der Waals surface area contributed by atoms with Gasteiger partial charge in [-0.3, -0.25) is 4.79 Å². The van der Waals surface area contributed by atoms with E-state index in [4.69, 9.17) is 16.3 Å². The normalized spacial score (nSPS) is 14.1. The summed E-state index contributed by atoms with van der Waals surface area (Å²) in [6.45, 7) is 2.51. The number of nitrogens with zero attached hydrogens (tertiary/aromatic N) is 2. The zero-order valence-corrected chi connectivity index (χ0v) is 17.9. The molecule has 1 aliphatic heterocycles. The van der Waals surface area contributed by atoms with E-state index in [-0.39, 0.29) is 21.4 Å². The zero-order valence-electron chi connectivity index (χ0n) is 16.3. The number of carbonyl (C=O) groups excluding carboxylic acids is 1. The molecule has 3 rings (SSSR count). The molecule has 0 aromatic heterocycles. The molecule has 0 saturated carbocycles. The second kappa shape index (κ2) is 7.73. The third-order valence-electron chi connectivity index (χ3n) is 4.97. The lowest BCUT2D eigenvalue weighted by atomic mass is 9.95. The number of hydrogen-bond acceptors (Lipinski definition) is 4. The van der Waals surface area contributed by atoms with Gasteiger partial charge in [0.1, 0.15) is 5.75 Å². The number of halogens is 1. The summed E-state index contributed by atoms with van der Waals surface area (Å²) in [5.41, 5.74) is 3.03. The second-order valence-electron chi connectivity index (χ2n) is 6.90. The maximum absolute atomic E-state index is 13.4. The quantitative estimate of drug-likeness (QED) is 0.756. The summed E-state index contributed by atoms with van der Waals surface area (Å²) >= 11 is 6.28. The van der Waals surface area contributed by atoms with E-state index in [9.17, 15) is 13.2 Å². The smallest absolute Gasteiger partial charge is 0.259 e. The van der Waals surface area contributed by atoms with Crippen molar-refractivity contribution in [3.8, 4) is 5.75 Å². The molecular formula is C20H23ClN2O4S. The molecular weight excluding hydrogens is 400 g/mol. The maximum atomic E-state index is 13.4. The van der Waals surface area contributed by atoms with Crippen LogP contribution in [0.2, 0.25) is 5.02 Å². The minimum atomic E-state index is -3.68. The minimum Gasteiger partial charge on any atom is -0.495 e. The Morgan fingerprint density at radius 1 is 1.21 bits per heavy atom. The molecule has 2 aromatic rings. The van der Waals surface area contributed by atoms with Crippen LogP contribution in [-0.2, 0) is 16.4 Å². The lowest BCUT2D eigenvalue weighted by Gasteiger charge is -2.32. The molecule has 0 saturated heterocycles. The van der Waals surface area contributed by atoms with E-state index in [2.05, 4.69) is 0 Å². The highest BCUT2D eigenvalue weighted by atomic mass is 35.5. The SMILES string of the molecule is COc1ccc(C)c2c1N(C(=O)c1cc(S(=O)(=O)N(C)C)ccc1Cl)CCC2. The van der Waals surface area contributed by atoms with Gasteiger partial charge >= 0.3 is 0 Å². The fraction of sp³-hybridized carbons (Fsp3) is 0.350. The maximum Gasteiger partial charge on any atom is 0.259 e.